The monoisotopic (exact) mass is 332 g/mol. The Balaban J connectivity index is 1.40. The zero-order valence-electron chi connectivity index (χ0n) is 12.5. The average molecular weight is 333 g/mol. The molecule has 0 saturated heterocycles. The molecule has 120 valence electrons. The SMILES string of the molecule is O=C(CNCCc1ccc(Cl)cc1)Nc1ccc2c(c1)OCO2. The molecule has 0 fully saturated rings. The third kappa shape index (κ3) is 4.37. The van der Waals surface area contributed by atoms with E-state index in [1.807, 2.05) is 24.3 Å². The molecular weight excluding hydrogens is 316 g/mol. The Morgan fingerprint density at radius 1 is 1.09 bits per heavy atom. The number of nitrogens with one attached hydrogen (secondary N) is 2. The number of carbonyl (C=O) groups excluding carboxylic acids is 1. The number of fused-ring (bicyclic) bond motifs is 1. The van der Waals surface area contributed by atoms with Gasteiger partial charge < -0.3 is 20.1 Å². The summed E-state index contributed by atoms with van der Waals surface area (Å²) in [5.41, 5.74) is 1.87. The van der Waals surface area contributed by atoms with Gasteiger partial charge in [-0.15, -0.1) is 0 Å². The van der Waals surface area contributed by atoms with E-state index in [1.165, 1.54) is 5.56 Å². The first kappa shape index (κ1) is 15.6. The van der Waals surface area contributed by atoms with Crippen molar-refractivity contribution in [1.29, 1.82) is 0 Å². The van der Waals surface area contributed by atoms with E-state index in [9.17, 15) is 4.79 Å². The third-order valence-electron chi connectivity index (χ3n) is 3.45. The van der Waals surface area contributed by atoms with Gasteiger partial charge in [-0.3, -0.25) is 4.79 Å². The molecule has 0 radical (unpaired) electrons. The molecule has 0 unspecified atom stereocenters. The summed E-state index contributed by atoms with van der Waals surface area (Å²) in [7, 11) is 0. The van der Waals surface area contributed by atoms with Gasteiger partial charge in [0.1, 0.15) is 0 Å². The summed E-state index contributed by atoms with van der Waals surface area (Å²) in [6.07, 6.45) is 0.842. The van der Waals surface area contributed by atoms with Crippen molar-refractivity contribution in [2.75, 3.05) is 25.2 Å². The van der Waals surface area contributed by atoms with Gasteiger partial charge in [0.05, 0.1) is 6.54 Å². The molecule has 1 heterocycles. The van der Waals surface area contributed by atoms with E-state index in [-0.39, 0.29) is 19.2 Å². The van der Waals surface area contributed by atoms with Crippen LogP contribution in [-0.2, 0) is 11.2 Å². The summed E-state index contributed by atoms with van der Waals surface area (Å²) in [6.45, 7) is 1.19. The Hall–Kier alpha value is -2.24. The summed E-state index contributed by atoms with van der Waals surface area (Å²) in [5, 5.41) is 6.67. The normalized spacial score (nSPS) is 12.2. The van der Waals surface area contributed by atoms with Gasteiger partial charge in [0, 0.05) is 16.8 Å². The smallest absolute Gasteiger partial charge is 0.238 e. The molecule has 1 amide bonds. The van der Waals surface area contributed by atoms with Gasteiger partial charge in [0.25, 0.3) is 0 Å². The maximum absolute atomic E-state index is 11.9. The van der Waals surface area contributed by atoms with Crippen molar-refractivity contribution in [3.8, 4) is 11.5 Å². The molecule has 0 spiro atoms. The minimum Gasteiger partial charge on any atom is -0.454 e. The van der Waals surface area contributed by atoms with E-state index in [2.05, 4.69) is 10.6 Å². The van der Waals surface area contributed by atoms with Crippen LogP contribution in [0.3, 0.4) is 0 Å². The van der Waals surface area contributed by atoms with Crippen molar-refractivity contribution in [2.24, 2.45) is 0 Å². The molecule has 6 heteroatoms. The highest BCUT2D eigenvalue weighted by Crippen LogP contribution is 2.34. The Bertz CT molecular complexity index is 689. The van der Waals surface area contributed by atoms with Crippen LogP contribution in [0.15, 0.2) is 42.5 Å². The van der Waals surface area contributed by atoms with Crippen molar-refractivity contribution in [1.82, 2.24) is 5.32 Å². The molecule has 5 nitrogen and oxygen atoms in total. The molecule has 0 aromatic heterocycles. The first-order valence-corrected chi connectivity index (χ1v) is 7.73. The van der Waals surface area contributed by atoms with Crippen LogP contribution < -0.4 is 20.1 Å². The topological polar surface area (TPSA) is 59.6 Å². The van der Waals surface area contributed by atoms with Crippen molar-refractivity contribution in [3.63, 3.8) is 0 Å². The molecule has 0 saturated carbocycles. The number of anilines is 1. The summed E-state index contributed by atoms with van der Waals surface area (Å²) < 4.78 is 10.5. The predicted molar refractivity (Wildman–Crippen MR) is 89.2 cm³/mol. The number of benzene rings is 2. The highest BCUT2D eigenvalue weighted by atomic mass is 35.5. The average Bonchev–Trinajstić information content (AvgIpc) is 3.01. The standard InChI is InChI=1S/C17H17ClN2O3/c18-13-3-1-12(2-4-13)7-8-19-10-17(21)20-14-5-6-15-16(9-14)23-11-22-15/h1-6,9,19H,7-8,10-11H2,(H,20,21). The molecule has 2 aromatic rings. The van der Waals surface area contributed by atoms with Crippen LogP contribution in [0, 0.1) is 0 Å². The molecule has 2 N–H and O–H groups in total. The van der Waals surface area contributed by atoms with Crippen LogP contribution in [-0.4, -0.2) is 25.8 Å². The second-order valence-corrected chi connectivity index (χ2v) is 5.61. The number of hydrogen-bond acceptors (Lipinski definition) is 4. The molecular formula is C17H17ClN2O3. The van der Waals surface area contributed by atoms with Gasteiger partial charge in [-0.2, -0.15) is 0 Å². The quantitative estimate of drug-likeness (QED) is 0.799. The van der Waals surface area contributed by atoms with E-state index >= 15 is 0 Å². The van der Waals surface area contributed by atoms with Crippen LogP contribution in [0.1, 0.15) is 5.56 Å². The number of amides is 1. The van der Waals surface area contributed by atoms with Gasteiger partial charge in [-0.25, -0.2) is 0 Å². The van der Waals surface area contributed by atoms with Crippen LogP contribution in [0.5, 0.6) is 11.5 Å². The molecule has 23 heavy (non-hydrogen) atoms. The maximum Gasteiger partial charge on any atom is 0.238 e. The summed E-state index contributed by atoms with van der Waals surface area (Å²) in [5.74, 6) is 1.25. The number of halogens is 1. The zero-order chi connectivity index (χ0) is 16.1. The molecule has 3 rings (SSSR count). The molecule has 1 aliphatic rings. The second kappa shape index (κ2) is 7.35. The van der Waals surface area contributed by atoms with Gasteiger partial charge in [-0.1, -0.05) is 23.7 Å². The molecule has 1 aliphatic heterocycles. The Kier molecular flexibility index (Phi) is 5.00. The van der Waals surface area contributed by atoms with E-state index in [0.29, 0.717) is 17.2 Å². The van der Waals surface area contributed by atoms with Crippen molar-refractivity contribution in [3.05, 3.63) is 53.1 Å². The molecule has 0 atom stereocenters. The molecule has 0 bridgehead atoms. The predicted octanol–water partition coefficient (Wildman–Crippen LogP) is 2.84. The number of carbonyl (C=O) groups is 1. The maximum atomic E-state index is 11.9. The van der Waals surface area contributed by atoms with Gasteiger partial charge >= 0.3 is 0 Å². The van der Waals surface area contributed by atoms with E-state index in [1.54, 1.807) is 18.2 Å². The summed E-state index contributed by atoms with van der Waals surface area (Å²) in [4.78, 5) is 11.9. The Morgan fingerprint density at radius 3 is 2.70 bits per heavy atom. The Labute approximate surface area is 139 Å². The number of ether oxygens (including phenoxy) is 2. The zero-order valence-corrected chi connectivity index (χ0v) is 13.2. The number of hydrogen-bond donors (Lipinski definition) is 2. The molecule has 0 aliphatic carbocycles. The lowest BCUT2D eigenvalue weighted by Gasteiger charge is -2.07. The first-order chi connectivity index (χ1) is 11.2. The highest BCUT2D eigenvalue weighted by molar-refractivity contribution is 6.30. The van der Waals surface area contributed by atoms with Crippen LogP contribution in [0.25, 0.3) is 0 Å². The van der Waals surface area contributed by atoms with E-state index in [4.69, 9.17) is 21.1 Å². The minimum absolute atomic E-state index is 0.0972. The van der Waals surface area contributed by atoms with E-state index in [0.717, 1.165) is 18.0 Å². The fourth-order valence-corrected chi connectivity index (χ4v) is 2.39. The lowest BCUT2D eigenvalue weighted by atomic mass is 10.1. The number of rotatable bonds is 6. The van der Waals surface area contributed by atoms with Crippen LogP contribution >= 0.6 is 11.6 Å². The largest absolute Gasteiger partial charge is 0.454 e. The van der Waals surface area contributed by atoms with Gasteiger partial charge in [-0.05, 0) is 42.8 Å². The minimum atomic E-state index is -0.0972. The van der Waals surface area contributed by atoms with Crippen molar-refractivity contribution >= 4 is 23.2 Å². The summed E-state index contributed by atoms with van der Waals surface area (Å²) >= 11 is 5.84. The van der Waals surface area contributed by atoms with E-state index < -0.39 is 0 Å². The van der Waals surface area contributed by atoms with Gasteiger partial charge in [0.2, 0.25) is 12.7 Å². The van der Waals surface area contributed by atoms with Crippen molar-refractivity contribution < 1.29 is 14.3 Å². The lowest BCUT2D eigenvalue weighted by molar-refractivity contribution is -0.115. The van der Waals surface area contributed by atoms with Crippen LogP contribution in [0.4, 0.5) is 5.69 Å². The van der Waals surface area contributed by atoms with Gasteiger partial charge in [0.15, 0.2) is 11.5 Å². The highest BCUT2D eigenvalue weighted by Gasteiger charge is 2.13. The Morgan fingerprint density at radius 2 is 1.87 bits per heavy atom. The van der Waals surface area contributed by atoms with Crippen molar-refractivity contribution in [2.45, 2.75) is 6.42 Å². The fourth-order valence-electron chi connectivity index (χ4n) is 2.27. The lowest BCUT2D eigenvalue weighted by Crippen LogP contribution is -2.29. The molecule has 2 aromatic carbocycles. The second-order valence-electron chi connectivity index (χ2n) is 5.17. The third-order valence-corrected chi connectivity index (χ3v) is 3.70. The fraction of sp³-hybridized carbons (Fsp3) is 0.235. The van der Waals surface area contributed by atoms with Crippen LogP contribution in [0.2, 0.25) is 5.02 Å². The summed E-state index contributed by atoms with van der Waals surface area (Å²) in [6, 6.07) is 13.0. The first-order valence-electron chi connectivity index (χ1n) is 7.35.